The summed E-state index contributed by atoms with van der Waals surface area (Å²) in [4.78, 5) is 13.8. The molecule has 1 heterocycles. The van der Waals surface area contributed by atoms with Crippen molar-refractivity contribution in [2.75, 3.05) is 13.6 Å². The van der Waals surface area contributed by atoms with Crippen LogP contribution in [0.15, 0.2) is 33.5 Å². The third-order valence-corrected chi connectivity index (χ3v) is 4.09. The van der Waals surface area contributed by atoms with E-state index in [2.05, 4.69) is 4.90 Å². The molecule has 0 radical (unpaired) electrons. The maximum atomic E-state index is 11.7. The Bertz CT molecular complexity index is 703. The zero-order chi connectivity index (χ0) is 15.0. The van der Waals surface area contributed by atoms with Crippen molar-refractivity contribution in [3.8, 4) is 0 Å². The van der Waals surface area contributed by atoms with Gasteiger partial charge in [-0.2, -0.15) is 0 Å². The molecule has 0 spiro atoms. The highest BCUT2D eigenvalue weighted by Crippen LogP contribution is 2.33. The number of benzene rings is 1. The van der Waals surface area contributed by atoms with Gasteiger partial charge in [-0.25, -0.2) is 4.79 Å². The number of hydrogen-bond acceptors (Lipinski definition) is 4. The van der Waals surface area contributed by atoms with Crippen LogP contribution in [0.1, 0.15) is 24.0 Å². The van der Waals surface area contributed by atoms with Gasteiger partial charge in [-0.3, -0.25) is 4.90 Å². The van der Waals surface area contributed by atoms with Crippen LogP contribution in [0, 0.1) is 12.8 Å². The topological polar surface area (TPSA) is 53.7 Å². The molecule has 0 bridgehead atoms. The predicted octanol–water partition coefficient (Wildman–Crippen LogP) is 2.30. The fourth-order valence-corrected chi connectivity index (χ4v) is 2.77. The first-order valence-corrected chi connectivity index (χ1v) is 7.43. The molecule has 1 atom stereocenters. The predicted molar refractivity (Wildman–Crippen MR) is 82.3 cm³/mol. The van der Waals surface area contributed by atoms with Crippen LogP contribution in [0.3, 0.4) is 0 Å². The lowest BCUT2D eigenvalue weighted by Crippen LogP contribution is -2.30. The van der Waals surface area contributed by atoms with Crippen molar-refractivity contribution in [2.24, 2.45) is 5.92 Å². The molecule has 1 aromatic heterocycles. The molecule has 4 nitrogen and oxygen atoms in total. The number of rotatable bonds is 5. The molecule has 21 heavy (non-hydrogen) atoms. The molecule has 1 aliphatic rings. The largest absolute Gasteiger partial charge is 0.423 e. The van der Waals surface area contributed by atoms with Gasteiger partial charge >= 0.3 is 5.63 Å². The SMILES string of the molecule is Cc1ccc2c(CN(C)CC(O)C3CC3)cc(=O)oc2c1. The minimum absolute atomic E-state index is 0.261. The zero-order valence-electron chi connectivity index (χ0n) is 12.5. The molecule has 1 N–H and O–H groups in total. The number of aliphatic hydroxyl groups excluding tert-OH is 1. The maximum Gasteiger partial charge on any atom is 0.336 e. The van der Waals surface area contributed by atoms with Crippen LogP contribution >= 0.6 is 0 Å². The van der Waals surface area contributed by atoms with Crippen molar-refractivity contribution in [2.45, 2.75) is 32.4 Å². The molecule has 0 aliphatic heterocycles. The van der Waals surface area contributed by atoms with Crippen LogP contribution in [0.25, 0.3) is 11.0 Å². The highest BCUT2D eigenvalue weighted by atomic mass is 16.4. The van der Waals surface area contributed by atoms with Crippen molar-refractivity contribution < 1.29 is 9.52 Å². The van der Waals surface area contributed by atoms with Crippen LogP contribution in [0.4, 0.5) is 0 Å². The molecule has 1 fully saturated rings. The van der Waals surface area contributed by atoms with Crippen molar-refractivity contribution >= 4 is 11.0 Å². The minimum Gasteiger partial charge on any atom is -0.423 e. The third-order valence-electron chi connectivity index (χ3n) is 4.09. The molecular weight excluding hydrogens is 266 g/mol. The number of aryl methyl sites for hydroxylation is 1. The molecule has 1 aromatic carbocycles. The standard InChI is InChI=1S/C17H21NO3/c1-11-3-6-14-13(8-17(20)21-16(14)7-11)9-18(2)10-15(19)12-4-5-12/h3,6-8,12,15,19H,4-5,9-10H2,1-2H3. The lowest BCUT2D eigenvalue weighted by molar-refractivity contribution is 0.104. The molecule has 2 aromatic rings. The van der Waals surface area contributed by atoms with Gasteiger partial charge in [0.15, 0.2) is 0 Å². The van der Waals surface area contributed by atoms with Gasteiger partial charge in [0.05, 0.1) is 6.10 Å². The molecular formula is C17H21NO3. The Morgan fingerprint density at radius 1 is 1.38 bits per heavy atom. The minimum atomic E-state index is -0.320. The Balaban J connectivity index is 1.83. The molecule has 4 heteroatoms. The summed E-state index contributed by atoms with van der Waals surface area (Å²) in [7, 11) is 1.97. The van der Waals surface area contributed by atoms with Crippen molar-refractivity contribution in [1.29, 1.82) is 0 Å². The Kier molecular flexibility index (Phi) is 3.83. The highest BCUT2D eigenvalue weighted by molar-refractivity contribution is 5.80. The average Bonchev–Trinajstić information content (AvgIpc) is 3.21. The summed E-state index contributed by atoms with van der Waals surface area (Å²) in [5.41, 5.74) is 2.33. The molecule has 0 amide bonds. The number of aliphatic hydroxyl groups is 1. The number of likely N-dealkylation sites (N-methyl/N-ethyl adjacent to an activating group) is 1. The van der Waals surface area contributed by atoms with E-state index in [9.17, 15) is 9.90 Å². The second-order valence-corrected chi connectivity index (χ2v) is 6.19. The van der Waals surface area contributed by atoms with E-state index in [0.29, 0.717) is 24.6 Å². The van der Waals surface area contributed by atoms with Gasteiger partial charge in [-0.05, 0) is 49.9 Å². The van der Waals surface area contributed by atoms with Crippen LogP contribution in [0.2, 0.25) is 0 Å². The van der Waals surface area contributed by atoms with Crippen molar-refractivity contribution in [3.63, 3.8) is 0 Å². The summed E-state index contributed by atoms with van der Waals surface area (Å²) in [6.07, 6.45) is 2.00. The van der Waals surface area contributed by atoms with Crippen molar-refractivity contribution in [3.05, 3.63) is 45.8 Å². The molecule has 1 aliphatic carbocycles. The first-order chi connectivity index (χ1) is 10.0. The van der Waals surface area contributed by atoms with Gasteiger partial charge in [-0.15, -0.1) is 0 Å². The Hall–Kier alpha value is -1.65. The first-order valence-electron chi connectivity index (χ1n) is 7.43. The lowest BCUT2D eigenvalue weighted by atomic mass is 10.1. The summed E-state index contributed by atoms with van der Waals surface area (Å²) in [5, 5.41) is 11.0. The van der Waals surface area contributed by atoms with Crippen LogP contribution in [-0.2, 0) is 6.54 Å². The fourth-order valence-electron chi connectivity index (χ4n) is 2.77. The molecule has 0 saturated heterocycles. The van der Waals surface area contributed by atoms with E-state index >= 15 is 0 Å². The van der Waals surface area contributed by atoms with Crippen LogP contribution in [-0.4, -0.2) is 29.7 Å². The van der Waals surface area contributed by atoms with Crippen LogP contribution < -0.4 is 5.63 Å². The summed E-state index contributed by atoms with van der Waals surface area (Å²) in [6, 6.07) is 7.45. The van der Waals surface area contributed by atoms with E-state index in [1.165, 1.54) is 0 Å². The van der Waals surface area contributed by atoms with E-state index in [4.69, 9.17) is 4.42 Å². The lowest BCUT2D eigenvalue weighted by Gasteiger charge is -2.20. The molecule has 1 unspecified atom stereocenters. The molecule has 112 valence electrons. The second kappa shape index (κ2) is 5.62. The Morgan fingerprint density at radius 2 is 2.14 bits per heavy atom. The van der Waals surface area contributed by atoms with Crippen LogP contribution in [0.5, 0.6) is 0 Å². The third kappa shape index (κ3) is 3.34. The normalized spacial score (nSPS) is 16.6. The van der Waals surface area contributed by atoms with Gasteiger partial charge < -0.3 is 9.52 Å². The Morgan fingerprint density at radius 3 is 2.86 bits per heavy atom. The maximum absolute atomic E-state index is 11.7. The molecule has 3 rings (SSSR count). The van der Waals surface area contributed by atoms with E-state index in [1.54, 1.807) is 6.07 Å². The van der Waals surface area contributed by atoms with E-state index in [0.717, 1.165) is 29.4 Å². The van der Waals surface area contributed by atoms with Gasteiger partial charge in [0.25, 0.3) is 0 Å². The Labute approximate surface area is 124 Å². The monoisotopic (exact) mass is 287 g/mol. The number of fused-ring (bicyclic) bond motifs is 1. The number of hydrogen-bond donors (Lipinski definition) is 1. The molecule has 1 saturated carbocycles. The zero-order valence-corrected chi connectivity index (χ0v) is 12.5. The first kappa shape index (κ1) is 14.3. The van der Waals surface area contributed by atoms with E-state index < -0.39 is 0 Å². The summed E-state index contributed by atoms with van der Waals surface area (Å²) in [5.74, 6) is 0.465. The average molecular weight is 287 g/mol. The van der Waals surface area contributed by atoms with Gasteiger partial charge in [-0.1, -0.05) is 12.1 Å². The van der Waals surface area contributed by atoms with Gasteiger partial charge in [0.2, 0.25) is 0 Å². The highest BCUT2D eigenvalue weighted by Gasteiger charge is 2.30. The summed E-state index contributed by atoms with van der Waals surface area (Å²) < 4.78 is 5.27. The smallest absolute Gasteiger partial charge is 0.336 e. The number of nitrogens with zero attached hydrogens (tertiary/aromatic N) is 1. The van der Waals surface area contributed by atoms with Gasteiger partial charge in [0.1, 0.15) is 5.58 Å². The summed E-state index contributed by atoms with van der Waals surface area (Å²) in [6.45, 7) is 3.25. The van der Waals surface area contributed by atoms with E-state index in [-0.39, 0.29) is 11.7 Å². The van der Waals surface area contributed by atoms with Crippen molar-refractivity contribution in [1.82, 2.24) is 4.90 Å². The second-order valence-electron chi connectivity index (χ2n) is 6.19. The fraction of sp³-hybridized carbons (Fsp3) is 0.471. The quantitative estimate of drug-likeness (QED) is 0.857. The van der Waals surface area contributed by atoms with E-state index in [1.807, 2.05) is 32.2 Å². The van der Waals surface area contributed by atoms with Gasteiger partial charge in [0, 0.05) is 24.5 Å². The summed E-state index contributed by atoms with van der Waals surface area (Å²) >= 11 is 0.